The Morgan fingerprint density at radius 1 is 1.00 bits per heavy atom. The van der Waals surface area contributed by atoms with Crippen LogP contribution in [0.1, 0.15) is 36.2 Å². The van der Waals surface area contributed by atoms with Gasteiger partial charge in [0.25, 0.3) is 0 Å². The van der Waals surface area contributed by atoms with Crippen molar-refractivity contribution in [2.75, 3.05) is 25.0 Å². The summed E-state index contributed by atoms with van der Waals surface area (Å²) in [5.41, 5.74) is 2.19. The second-order valence-electron chi connectivity index (χ2n) is 6.38. The molecule has 0 fully saturated rings. The Morgan fingerprint density at radius 3 is 2.29 bits per heavy atom. The molecule has 1 N–H and O–H groups in total. The molecule has 6 heteroatoms. The van der Waals surface area contributed by atoms with Crippen molar-refractivity contribution in [1.29, 1.82) is 0 Å². The molecule has 2 amide bonds. The highest BCUT2D eigenvalue weighted by Gasteiger charge is 2.14. The summed E-state index contributed by atoms with van der Waals surface area (Å²) in [5.74, 6) is -0.818. The molecule has 0 radical (unpaired) electrons. The Bertz CT molecular complexity index is 788. The summed E-state index contributed by atoms with van der Waals surface area (Å²) in [5, 5.41) is 2.75. The fraction of sp³-hybridized carbons (Fsp3) is 0.318. The Hall–Kier alpha value is -3.15. The maximum atomic E-state index is 12.3. The molecule has 0 bridgehead atoms. The Morgan fingerprint density at radius 2 is 1.68 bits per heavy atom. The molecule has 0 aliphatic rings. The molecule has 2 aromatic carbocycles. The van der Waals surface area contributed by atoms with E-state index in [1.807, 2.05) is 30.3 Å². The summed E-state index contributed by atoms with van der Waals surface area (Å²) in [6.07, 6.45) is 1.63. The number of aryl methyl sites for hydroxylation is 1. The van der Waals surface area contributed by atoms with Crippen LogP contribution < -0.4 is 5.32 Å². The number of esters is 1. The van der Waals surface area contributed by atoms with Crippen molar-refractivity contribution >= 4 is 23.5 Å². The maximum Gasteiger partial charge on any atom is 0.338 e. The minimum atomic E-state index is -0.401. The summed E-state index contributed by atoms with van der Waals surface area (Å²) < 4.78 is 4.93. The van der Waals surface area contributed by atoms with Gasteiger partial charge < -0.3 is 15.0 Å². The lowest BCUT2D eigenvalue weighted by Gasteiger charge is -2.20. The molecule has 148 valence electrons. The first-order valence-corrected chi connectivity index (χ1v) is 9.36. The first kappa shape index (κ1) is 21.2. The van der Waals surface area contributed by atoms with Crippen molar-refractivity contribution in [3.05, 3.63) is 65.7 Å². The Labute approximate surface area is 165 Å². The number of anilines is 1. The first-order chi connectivity index (χ1) is 13.5. The molecule has 0 heterocycles. The molecule has 0 saturated heterocycles. The van der Waals surface area contributed by atoms with Gasteiger partial charge in [-0.3, -0.25) is 9.59 Å². The highest BCUT2D eigenvalue weighted by Crippen LogP contribution is 2.11. The van der Waals surface area contributed by atoms with Gasteiger partial charge in [-0.05, 0) is 49.6 Å². The third kappa shape index (κ3) is 6.87. The average molecular weight is 382 g/mol. The SMILES string of the molecule is CCOC(=O)c1ccc(NC(=O)CN(CCCc2ccccc2)C(C)=O)cc1. The molecule has 0 atom stereocenters. The summed E-state index contributed by atoms with van der Waals surface area (Å²) in [6.45, 7) is 4.02. The molecule has 28 heavy (non-hydrogen) atoms. The third-order valence-corrected chi connectivity index (χ3v) is 4.20. The quantitative estimate of drug-likeness (QED) is 0.675. The van der Waals surface area contributed by atoms with E-state index < -0.39 is 5.97 Å². The number of ether oxygens (including phenoxy) is 1. The predicted octanol–water partition coefficient (Wildman–Crippen LogP) is 3.28. The molecular weight excluding hydrogens is 356 g/mol. The molecule has 2 rings (SSSR count). The highest BCUT2D eigenvalue weighted by molar-refractivity contribution is 5.95. The molecule has 0 spiro atoms. The van der Waals surface area contributed by atoms with E-state index in [0.29, 0.717) is 24.4 Å². The van der Waals surface area contributed by atoms with Gasteiger partial charge in [0, 0.05) is 19.2 Å². The van der Waals surface area contributed by atoms with E-state index >= 15 is 0 Å². The summed E-state index contributed by atoms with van der Waals surface area (Å²) in [4.78, 5) is 37.3. The topological polar surface area (TPSA) is 75.7 Å². The van der Waals surface area contributed by atoms with Gasteiger partial charge in [0.1, 0.15) is 0 Å². The van der Waals surface area contributed by atoms with E-state index in [1.165, 1.54) is 17.4 Å². The summed E-state index contributed by atoms with van der Waals surface area (Å²) >= 11 is 0. The largest absolute Gasteiger partial charge is 0.462 e. The maximum absolute atomic E-state index is 12.3. The smallest absolute Gasteiger partial charge is 0.338 e. The lowest BCUT2D eigenvalue weighted by molar-refractivity contribution is -0.132. The lowest BCUT2D eigenvalue weighted by Crippen LogP contribution is -2.37. The number of amides is 2. The normalized spacial score (nSPS) is 10.2. The fourth-order valence-corrected chi connectivity index (χ4v) is 2.74. The van der Waals surface area contributed by atoms with Gasteiger partial charge in [-0.2, -0.15) is 0 Å². The minimum absolute atomic E-state index is 0.0102. The number of nitrogens with one attached hydrogen (secondary N) is 1. The lowest BCUT2D eigenvalue weighted by atomic mass is 10.1. The van der Waals surface area contributed by atoms with Gasteiger partial charge >= 0.3 is 5.97 Å². The molecule has 6 nitrogen and oxygen atoms in total. The van der Waals surface area contributed by atoms with Crippen LogP contribution in [0.25, 0.3) is 0 Å². The van der Waals surface area contributed by atoms with Gasteiger partial charge in [0.2, 0.25) is 11.8 Å². The van der Waals surface area contributed by atoms with E-state index in [-0.39, 0.29) is 18.4 Å². The van der Waals surface area contributed by atoms with E-state index in [4.69, 9.17) is 4.74 Å². The van der Waals surface area contributed by atoms with Gasteiger partial charge in [-0.25, -0.2) is 4.79 Å². The number of carbonyl (C=O) groups excluding carboxylic acids is 3. The average Bonchev–Trinajstić information content (AvgIpc) is 2.68. The zero-order valence-electron chi connectivity index (χ0n) is 16.3. The first-order valence-electron chi connectivity index (χ1n) is 9.36. The fourth-order valence-electron chi connectivity index (χ4n) is 2.74. The van der Waals surface area contributed by atoms with E-state index in [9.17, 15) is 14.4 Å². The Kier molecular flexibility index (Phi) is 8.21. The molecule has 0 aliphatic heterocycles. The number of rotatable bonds is 9. The van der Waals surface area contributed by atoms with Crippen LogP contribution >= 0.6 is 0 Å². The standard InChI is InChI=1S/C22H26N2O4/c1-3-28-22(27)19-11-13-20(14-12-19)23-21(26)16-24(17(2)25)15-7-10-18-8-5-4-6-9-18/h4-6,8-9,11-14H,3,7,10,15-16H2,1-2H3,(H,23,26). The molecule has 0 aliphatic carbocycles. The Balaban J connectivity index is 1.84. The monoisotopic (exact) mass is 382 g/mol. The number of hydrogen-bond acceptors (Lipinski definition) is 4. The van der Waals surface area contributed by atoms with E-state index in [0.717, 1.165) is 12.8 Å². The number of hydrogen-bond donors (Lipinski definition) is 1. The molecular formula is C22H26N2O4. The van der Waals surface area contributed by atoms with Crippen molar-refractivity contribution in [2.24, 2.45) is 0 Å². The predicted molar refractivity (Wildman–Crippen MR) is 108 cm³/mol. The zero-order valence-corrected chi connectivity index (χ0v) is 16.3. The third-order valence-electron chi connectivity index (χ3n) is 4.20. The van der Waals surface area contributed by atoms with Gasteiger partial charge in [-0.15, -0.1) is 0 Å². The number of benzene rings is 2. The van der Waals surface area contributed by atoms with Crippen LogP contribution in [0.15, 0.2) is 54.6 Å². The van der Waals surface area contributed by atoms with Crippen LogP contribution in [0, 0.1) is 0 Å². The van der Waals surface area contributed by atoms with Crippen LogP contribution in [0.5, 0.6) is 0 Å². The molecule has 2 aromatic rings. The minimum Gasteiger partial charge on any atom is -0.462 e. The van der Waals surface area contributed by atoms with Crippen LogP contribution in [0.2, 0.25) is 0 Å². The van der Waals surface area contributed by atoms with E-state index in [2.05, 4.69) is 5.32 Å². The second-order valence-corrected chi connectivity index (χ2v) is 6.38. The molecule has 0 aromatic heterocycles. The number of nitrogens with zero attached hydrogens (tertiary/aromatic N) is 1. The molecule has 0 saturated carbocycles. The second kappa shape index (κ2) is 10.9. The van der Waals surface area contributed by atoms with Gasteiger partial charge in [0.15, 0.2) is 0 Å². The van der Waals surface area contributed by atoms with Crippen molar-refractivity contribution in [3.8, 4) is 0 Å². The number of carbonyl (C=O) groups is 3. The highest BCUT2D eigenvalue weighted by atomic mass is 16.5. The zero-order chi connectivity index (χ0) is 20.4. The van der Waals surface area contributed by atoms with Crippen molar-refractivity contribution in [3.63, 3.8) is 0 Å². The van der Waals surface area contributed by atoms with Crippen molar-refractivity contribution in [2.45, 2.75) is 26.7 Å². The van der Waals surface area contributed by atoms with E-state index in [1.54, 1.807) is 31.2 Å². The van der Waals surface area contributed by atoms with Crippen molar-refractivity contribution < 1.29 is 19.1 Å². The van der Waals surface area contributed by atoms with Crippen molar-refractivity contribution in [1.82, 2.24) is 4.90 Å². The summed E-state index contributed by atoms with van der Waals surface area (Å²) in [6, 6.07) is 16.5. The van der Waals surface area contributed by atoms with Gasteiger partial charge in [0.05, 0.1) is 18.7 Å². The van der Waals surface area contributed by atoms with Crippen LogP contribution in [-0.2, 0) is 20.7 Å². The van der Waals surface area contributed by atoms with Crippen LogP contribution in [0.4, 0.5) is 5.69 Å². The van der Waals surface area contributed by atoms with Crippen LogP contribution in [-0.4, -0.2) is 42.4 Å². The van der Waals surface area contributed by atoms with Crippen LogP contribution in [0.3, 0.4) is 0 Å². The molecule has 0 unspecified atom stereocenters. The van der Waals surface area contributed by atoms with Gasteiger partial charge in [-0.1, -0.05) is 30.3 Å². The summed E-state index contributed by atoms with van der Waals surface area (Å²) in [7, 11) is 0.